The summed E-state index contributed by atoms with van der Waals surface area (Å²) in [4.78, 5) is 48.3. The van der Waals surface area contributed by atoms with Gasteiger partial charge in [-0.2, -0.15) is 9.97 Å². The molecule has 8 bridgehead atoms. The molecule has 3 aliphatic heterocycles. The van der Waals surface area contributed by atoms with Crippen molar-refractivity contribution < 1.29 is 62.3 Å². The zero-order valence-electron chi connectivity index (χ0n) is 39.2. The van der Waals surface area contributed by atoms with Gasteiger partial charge in [-0.1, -0.05) is 20.1 Å². The molecule has 0 saturated carbocycles. The summed E-state index contributed by atoms with van der Waals surface area (Å²) in [6.45, 7) is 5.39. The zero-order chi connectivity index (χ0) is 51.7. The quantitative estimate of drug-likeness (QED) is 0.0499. The van der Waals surface area contributed by atoms with E-state index in [1.54, 1.807) is 56.1 Å². The van der Waals surface area contributed by atoms with Gasteiger partial charge in [-0.3, -0.25) is 19.6 Å². The number of nitrogen functional groups attached to an aromatic ring is 2. The van der Waals surface area contributed by atoms with Crippen molar-refractivity contribution in [2.75, 3.05) is 83.4 Å². The van der Waals surface area contributed by atoms with Crippen LogP contribution in [-0.2, 0) is 43.5 Å². The molecule has 27 heteroatoms. The summed E-state index contributed by atoms with van der Waals surface area (Å²) in [5, 5.41) is 11.7. The zero-order valence-corrected chi connectivity index (χ0v) is 46.3. The molecule has 3 aromatic heterocycles. The van der Waals surface area contributed by atoms with E-state index in [1.165, 1.54) is 18.9 Å². The molecule has 0 radical (unpaired) electrons. The Morgan fingerprint density at radius 2 is 1.32 bits per heavy atom. The van der Waals surface area contributed by atoms with E-state index in [0.717, 1.165) is 37.2 Å². The van der Waals surface area contributed by atoms with E-state index in [1.807, 2.05) is 36.4 Å². The topological polar surface area (TPSA) is 253 Å². The number of amides is 1. The number of fused-ring (bicyclic) bond motifs is 7. The first-order valence-electron chi connectivity index (χ1n) is 21.8. The van der Waals surface area contributed by atoms with Crippen molar-refractivity contribution in [3.05, 3.63) is 105 Å². The number of hydrogen-bond acceptors (Lipinski definition) is 16. The molecule has 5 N–H and O–H groups in total. The Kier molecular flexibility index (Phi) is 26.4. The molecule has 0 spiro atoms. The van der Waals surface area contributed by atoms with Crippen molar-refractivity contribution in [3.63, 3.8) is 0 Å². The third kappa shape index (κ3) is 19.1. The van der Waals surface area contributed by atoms with Crippen molar-refractivity contribution in [3.8, 4) is 34.8 Å². The Hall–Kier alpha value is -4.61. The minimum absolute atomic E-state index is 0.0417. The number of ether oxygens (including phenoxy) is 8. The molecule has 1 saturated heterocycles. The average molecular weight is 1140 g/mol. The van der Waals surface area contributed by atoms with Crippen LogP contribution >= 0.6 is 53.7 Å². The van der Waals surface area contributed by atoms with E-state index in [2.05, 4.69) is 32.8 Å². The van der Waals surface area contributed by atoms with E-state index in [-0.39, 0.29) is 55.3 Å². The van der Waals surface area contributed by atoms with E-state index < -0.39 is 31.4 Å². The van der Waals surface area contributed by atoms with Gasteiger partial charge in [0.25, 0.3) is 0 Å². The van der Waals surface area contributed by atoms with Crippen molar-refractivity contribution in [1.82, 2.24) is 19.5 Å². The van der Waals surface area contributed by atoms with Gasteiger partial charge in [-0.25, -0.2) is 9.59 Å². The second-order valence-corrected chi connectivity index (χ2v) is 26.6. The van der Waals surface area contributed by atoms with Crippen molar-refractivity contribution in [2.45, 2.75) is 39.2 Å². The van der Waals surface area contributed by atoms with Gasteiger partial charge in [0.2, 0.25) is 17.6 Å². The Morgan fingerprint density at radius 1 is 0.831 bits per heavy atom. The molecule has 2 atom stereocenters. The Bertz CT molecular complexity index is 2620. The van der Waals surface area contributed by atoms with Crippen molar-refractivity contribution >= 4 is 93.9 Å². The van der Waals surface area contributed by atoms with Crippen LogP contribution in [0, 0.1) is 10.1 Å². The van der Waals surface area contributed by atoms with Crippen LogP contribution in [0.15, 0.2) is 77.6 Å². The van der Waals surface area contributed by atoms with Gasteiger partial charge in [-0.05, 0) is 92.3 Å². The molecular formula is C44H57Cl3N8O12P3Ti. The summed E-state index contributed by atoms with van der Waals surface area (Å²) in [7, 11) is 24.1. The number of rotatable bonds is 4. The fraction of sp³-hybridized carbons (Fsp3) is 0.364. The third-order valence-corrected chi connectivity index (χ3v) is 9.90. The number of nitrogens with two attached hydrogens (primary N) is 2. The summed E-state index contributed by atoms with van der Waals surface area (Å²) in [6.07, 6.45) is 9.96. The molecule has 8 rings (SSSR count). The number of halogens is 3. The number of benzene rings is 2. The Morgan fingerprint density at radius 3 is 1.80 bits per heavy atom. The van der Waals surface area contributed by atoms with E-state index in [9.17, 15) is 19.7 Å². The Balaban J connectivity index is 0.000000252. The fourth-order valence-electron chi connectivity index (χ4n) is 6.73. The number of hydrogen-bond donors (Lipinski definition) is 3. The average Bonchev–Trinajstić information content (AvgIpc) is 4.02. The fourth-order valence-corrected chi connectivity index (χ4v) is 6.73. The molecule has 5 aromatic rings. The first kappa shape index (κ1) is 59.0. The maximum atomic E-state index is 12.7. The summed E-state index contributed by atoms with van der Waals surface area (Å²) < 4.78 is 45.2. The normalized spacial score (nSPS) is 14.8. The van der Waals surface area contributed by atoms with Crippen LogP contribution in [0.25, 0.3) is 11.0 Å². The minimum atomic E-state index is -1.92. The summed E-state index contributed by atoms with van der Waals surface area (Å²) in [5.41, 5.74) is 14.1. The molecule has 6 heterocycles. The Labute approximate surface area is 434 Å². The SMILES string of the molecule is C1CCOC1.CCOC(=O)N1CCc2ccc(OC)c(c2)OC/C=C/COc2cc1c([N+](=O)[O-])c(N)n2.COc1ccc2cc1OC/C=C/COc1cc3c([nH]c(=O)n3CC2)c(N)n1.PPP.[Cl][Ti]([Cl])[Cl]. The van der Waals surface area contributed by atoms with Gasteiger partial charge in [0, 0.05) is 38.4 Å². The molecule has 3 aliphatic rings. The number of anilines is 3. The van der Waals surface area contributed by atoms with Gasteiger partial charge < -0.3 is 54.3 Å². The molecule has 1 amide bonds. The van der Waals surface area contributed by atoms with Crippen LogP contribution in [0.1, 0.15) is 30.9 Å². The van der Waals surface area contributed by atoms with E-state index >= 15 is 0 Å². The van der Waals surface area contributed by atoms with Crippen LogP contribution in [0.3, 0.4) is 0 Å². The third-order valence-electron chi connectivity index (χ3n) is 9.90. The molecular weight excluding hydrogens is 1080 g/mol. The number of carbonyl (C=O) groups is 1. The number of pyridine rings is 2. The second kappa shape index (κ2) is 31.8. The molecule has 2 aromatic carbocycles. The number of H-pyrrole nitrogens is 1. The predicted octanol–water partition coefficient (Wildman–Crippen LogP) is 9.11. The molecule has 20 nitrogen and oxygen atoms in total. The number of methoxy groups -OCH3 is 2. The van der Waals surface area contributed by atoms with Crippen LogP contribution < -0.4 is 50.5 Å². The molecule has 2 unspecified atom stereocenters. The molecule has 71 heavy (non-hydrogen) atoms. The predicted molar refractivity (Wildman–Crippen MR) is 283 cm³/mol. The van der Waals surface area contributed by atoms with Crippen LogP contribution in [-0.4, -0.2) is 97.5 Å². The number of carbonyl (C=O) groups excluding carboxylic acids is 1. The standard InChI is InChI=1S/C21H24N4O7.C19H20N4O4.C4H8O.3ClH.H5P3.Ti/c1-3-30-21(26)24-9-8-14-6-7-16(29-2)17(12-14)31-10-4-5-11-32-18-13-15(24)19(25(27)28)20(22)23-18;1-25-14-5-4-12-6-7-23-13-11-16(21-18(20)17(13)22-19(23)24)27-9-3-2-8-26-15(14)10-12;1-2-4-5-3-1;;;;1-3-2;/h4-7,12-13H,3,8-11H2,1-2H3,(H2,22,23);2-5,10-11H,6-9H2,1H3,(H2,20,21)(H,22,24);1-4H2;3*1H;3H,1-2H2;/q;;;;;;;+3/p-3/b5-4+;3-2+;;;;;;. The van der Waals surface area contributed by atoms with Gasteiger partial charge in [0.1, 0.15) is 37.6 Å². The van der Waals surface area contributed by atoms with Crippen molar-refractivity contribution in [2.24, 2.45) is 0 Å². The molecule has 1 fully saturated rings. The number of nitrogens with zero attached hydrogens (tertiary/aromatic N) is 5. The molecule has 0 aliphatic carbocycles. The van der Waals surface area contributed by atoms with Gasteiger partial charge in [0.15, 0.2) is 28.8 Å². The van der Waals surface area contributed by atoms with Gasteiger partial charge >= 0.3 is 60.1 Å². The van der Waals surface area contributed by atoms with Crippen molar-refractivity contribution in [1.29, 1.82) is 0 Å². The number of imidazole rings is 1. The first-order valence-corrected chi connectivity index (χ1v) is 32.8. The first-order chi connectivity index (χ1) is 34.2. The number of aromatic nitrogens is 4. The number of nitro groups is 1. The monoisotopic (exact) mass is 1140 g/mol. The number of nitrogens with one attached hydrogen (secondary N) is 1. The maximum absolute atomic E-state index is 12.7. The van der Waals surface area contributed by atoms with E-state index in [0.29, 0.717) is 72.5 Å². The van der Waals surface area contributed by atoms with Gasteiger partial charge in [-0.15, -0.1) is 17.9 Å². The summed E-state index contributed by atoms with van der Waals surface area (Å²) >= 11 is -1.92. The summed E-state index contributed by atoms with van der Waals surface area (Å²) in [6, 6.07) is 14.2. The second-order valence-electron chi connectivity index (χ2n) is 14.5. The molecule has 385 valence electrons. The van der Waals surface area contributed by atoms with Gasteiger partial charge in [0.05, 0.1) is 31.3 Å². The number of aryl methyl sites for hydroxylation is 2. The summed E-state index contributed by atoms with van der Waals surface area (Å²) in [5.74, 6) is 2.71. The van der Waals surface area contributed by atoms with Crippen LogP contribution in [0.2, 0.25) is 0 Å². The van der Waals surface area contributed by atoms with Crippen LogP contribution in [0.4, 0.5) is 27.8 Å². The van der Waals surface area contributed by atoms with E-state index in [4.69, 9.17) is 77.3 Å². The van der Waals surface area contributed by atoms with Crippen LogP contribution in [0.5, 0.6) is 34.8 Å². The number of aromatic amines is 1.